The zero-order chi connectivity index (χ0) is 18.9. The van der Waals surface area contributed by atoms with E-state index in [-0.39, 0.29) is 24.0 Å². The van der Waals surface area contributed by atoms with Crippen LogP contribution in [0.25, 0.3) is 0 Å². The van der Waals surface area contributed by atoms with E-state index in [1.54, 1.807) is 20.4 Å². The van der Waals surface area contributed by atoms with Crippen LogP contribution in [0.15, 0.2) is 47.6 Å². The number of hydrogen-bond donors (Lipinski definition) is 2. The first-order valence-electron chi connectivity index (χ1n) is 9.50. The second-order valence-electron chi connectivity index (χ2n) is 6.79. The number of nitrogens with zero attached hydrogens (tertiary/aromatic N) is 3. The van der Waals surface area contributed by atoms with E-state index in [0.717, 1.165) is 24.6 Å². The van der Waals surface area contributed by atoms with E-state index >= 15 is 0 Å². The molecular weight excluding hydrogens is 465 g/mol. The molecule has 0 aliphatic carbocycles. The molecule has 2 N–H and O–H groups in total. The third-order valence-corrected chi connectivity index (χ3v) is 4.78. The molecule has 1 saturated heterocycles. The summed E-state index contributed by atoms with van der Waals surface area (Å²) in [5.74, 6) is 1.39. The molecule has 2 aromatic rings. The van der Waals surface area contributed by atoms with Gasteiger partial charge < -0.3 is 15.4 Å². The van der Waals surface area contributed by atoms with Crippen molar-refractivity contribution in [2.45, 2.75) is 32.5 Å². The fraction of sp³-hybridized carbons (Fsp3) is 0.429. The van der Waals surface area contributed by atoms with Crippen LogP contribution < -0.4 is 15.4 Å². The summed E-state index contributed by atoms with van der Waals surface area (Å²) in [5.41, 5.74) is 3.70. The van der Waals surface area contributed by atoms with Crippen molar-refractivity contribution in [2.24, 2.45) is 4.99 Å². The molecule has 28 heavy (non-hydrogen) atoms. The van der Waals surface area contributed by atoms with E-state index in [0.29, 0.717) is 12.4 Å². The zero-order valence-electron chi connectivity index (χ0n) is 16.6. The SMILES string of the molecule is CN=C(NCc1ccc(CN2CCCC2)cc1)NCc1ccc(OC)nc1.I. The number of likely N-dealkylation sites (tertiary alicyclic amines) is 1. The molecule has 0 amide bonds. The Balaban J connectivity index is 0.00000280. The topological polar surface area (TPSA) is 61.8 Å². The predicted molar refractivity (Wildman–Crippen MR) is 124 cm³/mol. The summed E-state index contributed by atoms with van der Waals surface area (Å²) in [4.78, 5) is 11.0. The largest absolute Gasteiger partial charge is 0.481 e. The van der Waals surface area contributed by atoms with Gasteiger partial charge in [0.1, 0.15) is 0 Å². The third-order valence-electron chi connectivity index (χ3n) is 4.78. The van der Waals surface area contributed by atoms with Gasteiger partial charge in [-0.05, 0) is 42.6 Å². The maximum Gasteiger partial charge on any atom is 0.212 e. The molecule has 152 valence electrons. The maximum atomic E-state index is 5.08. The van der Waals surface area contributed by atoms with E-state index in [4.69, 9.17) is 4.74 Å². The Morgan fingerprint density at radius 1 is 1.00 bits per heavy atom. The highest BCUT2D eigenvalue weighted by molar-refractivity contribution is 14.0. The summed E-state index contributed by atoms with van der Waals surface area (Å²) >= 11 is 0. The molecule has 0 saturated carbocycles. The van der Waals surface area contributed by atoms with Crippen LogP contribution in [0, 0.1) is 0 Å². The lowest BCUT2D eigenvalue weighted by Crippen LogP contribution is -2.36. The van der Waals surface area contributed by atoms with Gasteiger partial charge in [-0.3, -0.25) is 9.89 Å². The molecule has 7 heteroatoms. The first-order chi connectivity index (χ1) is 13.3. The summed E-state index contributed by atoms with van der Waals surface area (Å²) in [6.45, 7) is 4.92. The minimum atomic E-state index is 0. The van der Waals surface area contributed by atoms with Crippen LogP contribution in [-0.4, -0.2) is 43.1 Å². The van der Waals surface area contributed by atoms with E-state index in [1.165, 1.54) is 37.1 Å². The van der Waals surface area contributed by atoms with Crippen molar-refractivity contribution in [3.8, 4) is 5.88 Å². The molecule has 3 rings (SSSR count). The number of pyridine rings is 1. The number of nitrogens with one attached hydrogen (secondary N) is 2. The fourth-order valence-corrected chi connectivity index (χ4v) is 3.19. The lowest BCUT2D eigenvalue weighted by Gasteiger charge is -2.15. The number of aromatic nitrogens is 1. The number of benzene rings is 1. The summed E-state index contributed by atoms with van der Waals surface area (Å²) in [6, 6.07) is 12.7. The minimum Gasteiger partial charge on any atom is -0.481 e. The van der Waals surface area contributed by atoms with Crippen molar-refractivity contribution in [2.75, 3.05) is 27.2 Å². The summed E-state index contributed by atoms with van der Waals surface area (Å²) < 4.78 is 5.08. The Hall–Kier alpha value is -1.87. The smallest absolute Gasteiger partial charge is 0.212 e. The van der Waals surface area contributed by atoms with Gasteiger partial charge in [-0.2, -0.15) is 0 Å². The highest BCUT2D eigenvalue weighted by atomic mass is 127. The average molecular weight is 495 g/mol. The van der Waals surface area contributed by atoms with Crippen LogP contribution in [-0.2, 0) is 19.6 Å². The zero-order valence-corrected chi connectivity index (χ0v) is 19.0. The molecule has 1 aromatic carbocycles. The van der Waals surface area contributed by atoms with Crippen LogP contribution in [0.3, 0.4) is 0 Å². The van der Waals surface area contributed by atoms with Gasteiger partial charge in [-0.1, -0.05) is 30.3 Å². The molecule has 0 radical (unpaired) electrons. The van der Waals surface area contributed by atoms with Crippen molar-refractivity contribution in [1.82, 2.24) is 20.5 Å². The van der Waals surface area contributed by atoms with Gasteiger partial charge in [0.15, 0.2) is 5.96 Å². The van der Waals surface area contributed by atoms with Gasteiger partial charge in [-0.25, -0.2) is 4.98 Å². The maximum absolute atomic E-state index is 5.08. The number of methoxy groups -OCH3 is 1. The van der Waals surface area contributed by atoms with E-state index in [1.807, 2.05) is 12.1 Å². The quantitative estimate of drug-likeness (QED) is 0.351. The molecule has 1 aliphatic heterocycles. The Kier molecular flexibility index (Phi) is 9.49. The molecule has 6 nitrogen and oxygen atoms in total. The van der Waals surface area contributed by atoms with Crippen molar-refractivity contribution in [3.63, 3.8) is 0 Å². The second kappa shape index (κ2) is 11.9. The number of guanidine groups is 1. The highest BCUT2D eigenvalue weighted by Crippen LogP contribution is 2.13. The molecule has 0 bridgehead atoms. The lowest BCUT2D eigenvalue weighted by molar-refractivity contribution is 0.331. The fourth-order valence-electron chi connectivity index (χ4n) is 3.19. The highest BCUT2D eigenvalue weighted by Gasteiger charge is 2.11. The van der Waals surface area contributed by atoms with Crippen molar-refractivity contribution in [3.05, 3.63) is 59.3 Å². The Bertz CT molecular complexity index is 727. The van der Waals surface area contributed by atoms with Gasteiger partial charge in [0, 0.05) is 38.9 Å². The first kappa shape index (κ1) is 22.4. The Labute approximate surface area is 184 Å². The van der Waals surface area contributed by atoms with Crippen molar-refractivity contribution in [1.29, 1.82) is 0 Å². The molecular formula is C21H30IN5O. The molecule has 1 aromatic heterocycles. The Morgan fingerprint density at radius 3 is 2.18 bits per heavy atom. The number of hydrogen-bond acceptors (Lipinski definition) is 4. The summed E-state index contributed by atoms with van der Waals surface area (Å²) in [7, 11) is 3.39. The Morgan fingerprint density at radius 2 is 1.61 bits per heavy atom. The standard InChI is InChI=1S/C21H29N5O.HI/c1-22-21(25-15-19-9-10-20(27-2)23-14-19)24-13-17-5-7-18(8-6-17)16-26-11-3-4-12-26;/h5-10,14H,3-4,11-13,15-16H2,1-2H3,(H2,22,24,25);1H. The van der Waals surface area contributed by atoms with E-state index in [9.17, 15) is 0 Å². The summed E-state index contributed by atoms with van der Waals surface area (Å²) in [5, 5.41) is 6.66. The molecule has 0 spiro atoms. The lowest BCUT2D eigenvalue weighted by atomic mass is 10.1. The molecule has 0 unspecified atom stereocenters. The number of ether oxygens (including phenoxy) is 1. The predicted octanol–water partition coefficient (Wildman–Crippen LogP) is 3.17. The second-order valence-corrected chi connectivity index (χ2v) is 6.79. The van der Waals surface area contributed by atoms with Crippen LogP contribution in [0.1, 0.15) is 29.5 Å². The van der Waals surface area contributed by atoms with Crippen LogP contribution in [0.2, 0.25) is 0 Å². The van der Waals surface area contributed by atoms with Crippen molar-refractivity contribution < 1.29 is 4.74 Å². The van der Waals surface area contributed by atoms with Gasteiger partial charge in [0.25, 0.3) is 0 Å². The van der Waals surface area contributed by atoms with Gasteiger partial charge in [0.05, 0.1) is 7.11 Å². The van der Waals surface area contributed by atoms with E-state index < -0.39 is 0 Å². The van der Waals surface area contributed by atoms with Gasteiger partial charge >= 0.3 is 0 Å². The number of halogens is 1. The van der Waals surface area contributed by atoms with Crippen molar-refractivity contribution >= 4 is 29.9 Å². The molecule has 0 atom stereocenters. The van der Waals surface area contributed by atoms with Crippen LogP contribution in [0.4, 0.5) is 0 Å². The third kappa shape index (κ3) is 6.94. The average Bonchev–Trinajstić information content (AvgIpc) is 3.23. The number of aliphatic imine (C=N–C) groups is 1. The first-order valence-corrected chi connectivity index (χ1v) is 9.50. The molecule has 1 aliphatic rings. The number of rotatable bonds is 7. The normalized spacial score (nSPS) is 14.4. The molecule has 1 fully saturated rings. The van der Waals surface area contributed by atoms with Crippen LogP contribution in [0.5, 0.6) is 5.88 Å². The van der Waals surface area contributed by atoms with Gasteiger partial charge in [-0.15, -0.1) is 24.0 Å². The van der Waals surface area contributed by atoms with E-state index in [2.05, 4.69) is 49.8 Å². The summed E-state index contributed by atoms with van der Waals surface area (Å²) in [6.07, 6.45) is 4.47. The monoisotopic (exact) mass is 495 g/mol. The molecule has 2 heterocycles. The minimum absolute atomic E-state index is 0. The van der Waals surface area contributed by atoms with Crippen LogP contribution >= 0.6 is 24.0 Å². The van der Waals surface area contributed by atoms with Gasteiger partial charge in [0.2, 0.25) is 5.88 Å².